The van der Waals surface area contributed by atoms with Crippen LogP contribution in [0.1, 0.15) is 24.6 Å². The fraction of sp³-hybridized carbons (Fsp3) is 0.636. The van der Waals surface area contributed by atoms with Crippen molar-refractivity contribution in [3.8, 4) is 5.75 Å². The van der Waals surface area contributed by atoms with Crippen molar-refractivity contribution in [2.75, 3.05) is 7.11 Å². The van der Waals surface area contributed by atoms with Crippen molar-refractivity contribution < 1.29 is 4.74 Å². The van der Waals surface area contributed by atoms with Crippen molar-refractivity contribution in [2.24, 2.45) is 5.92 Å². The number of methoxy groups -OCH3 is 1. The van der Waals surface area contributed by atoms with Crippen molar-refractivity contribution in [3.63, 3.8) is 0 Å². The molecule has 2 rings (SSSR count). The summed E-state index contributed by atoms with van der Waals surface area (Å²) in [6.45, 7) is 3.27. The summed E-state index contributed by atoms with van der Waals surface area (Å²) in [7, 11) is 1.73. The lowest BCUT2D eigenvalue weighted by Crippen LogP contribution is -2.39. The third-order valence-corrected chi connectivity index (χ3v) is 3.75. The zero-order valence-electron chi connectivity index (χ0n) is 8.75. The number of ether oxygens (including phenoxy) is 1. The standard InChI is InChI=1S/C11H17NOS/c1-8-5-9(6-8)12-7-11-10(13-2)3-4-14-11/h3-4,8-9,12H,5-7H2,1-2H3. The summed E-state index contributed by atoms with van der Waals surface area (Å²) in [6, 6.07) is 2.77. The molecule has 0 unspecified atom stereocenters. The van der Waals surface area contributed by atoms with Gasteiger partial charge in [0.05, 0.1) is 12.0 Å². The molecule has 1 aliphatic carbocycles. The van der Waals surface area contributed by atoms with Gasteiger partial charge in [0.1, 0.15) is 5.75 Å². The maximum absolute atomic E-state index is 5.26. The molecule has 1 aliphatic rings. The smallest absolute Gasteiger partial charge is 0.134 e. The molecule has 0 spiro atoms. The minimum Gasteiger partial charge on any atom is -0.496 e. The van der Waals surface area contributed by atoms with Crippen LogP contribution >= 0.6 is 11.3 Å². The highest BCUT2D eigenvalue weighted by atomic mass is 32.1. The van der Waals surface area contributed by atoms with Crippen molar-refractivity contribution in [2.45, 2.75) is 32.4 Å². The Morgan fingerprint density at radius 1 is 1.57 bits per heavy atom. The summed E-state index contributed by atoms with van der Waals surface area (Å²) in [4.78, 5) is 1.31. The molecule has 1 aromatic heterocycles. The van der Waals surface area contributed by atoms with E-state index in [0.29, 0.717) is 0 Å². The largest absolute Gasteiger partial charge is 0.496 e. The third kappa shape index (κ3) is 2.10. The molecule has 1 N–H and O–H groups in total. The molecule has 0 atom stereocenters. The zero-order chi connectivity index (χ0) is 9.97. The quantitative estimate of drug-likeness (QED) is 0.826. The van der Waals surface area contributed by atoms with Crippen LogP contribution in [0.5, 0.6) is 5.75 Å². The molecule has 1 saturated carbocycles. The van der Waals surface area contributed by atoms with Gasteiger partial charge in [0.15, 0.2) is 0 Å². The van der Waals surface area contributed by atoms with Gasteiger partial charge in [-0.2, -0.15) is 0 Å². The zero-order valence-corrected chi connectivity index (χ0v) is 9.56. The lowest BCUT2D eigenvalue weighted by molar-refractivity contribution is 0.240. The van der Waals surface area contributed by atoms with Crippen molar-refractivity contribution in [1.82, 2.24) is 5.32 Å². The van der Waals surface area contributed by atoms with E-state index in [9.17, 15) is 0 Å². The molecule has 1 aromatic rings. The van der Waals surface area contributed by atoms with Gasteiger partial charge in [-0.3, -0.25) is 0 Å². The Balaban J connectivity index is 1.80. The topological polar surface area (TPSA) is 21.3 Å². The molecule has 0 radical (unpaired) electrons. The van der Waals surface area contributed by atoms with Crippen LogP contribution in [0.25, 0.3) is 0 Å². The molecule has 1 heterocycles. The average Bonchev–Trinajstić information content (AvgIpc) is 2.57. The van der Waals surface area contributed by atoms with Gasteiger partial charge in [-0.25, -0.2) is 0 Å². The van der Waals surface area contributed by atoms with Crippen LogP contribution in [0.15, 0.2) is 11.4 Å². The molecule has 0 aliphatic heterocycles. The van der Waals surface area contributed by atoms with E-state index >= 15 is 0 Å². The van der Waals surface area contributed by atoms with Gasteiger partial charge in [0.25, 0.3) is 0 Å². The Labute approximate surface area is 89.3 Å². The monoisotopic (exact) mass is 211 g/mol. The van der Waals surface area contributed by atoms with Crippen LogP contribution in [0.4, 0.5) is 0 Å². The van der Waals surface area contributed by atoms with Crippen molar-refractivity contribution in [1.29, 1.82) is 0 Å². The van der Waals surface area contributed by atoms with Gasteiger partial charge >= 0.3 is 0 Å². The van der Waals surface area contributed by atoms with Crippen LogP contribution in [0, 0.1) is 5.92 Å². The molecule has 0 amide bonds. The predicted octanol–water partition coefficient (Wildman–Crippen LogP) is 2.64. The molecule has 78 valence electrons. The van der Waals surface area contributed by atoms with Crippen LogP contribution in [0.3, 0.4) is 0 Å². The maximum Gasteiger partial charge on any atom is 0.134 e. The second-order valence-corrected chi connectivity index (χ2v) is 5.07. The van der Waals surface area contributed by atoms with E-state index < -0.39 is 0 Å². The van der Waals surface area contributed by atoms with Gasteiger partial charge in [-0.15, -0.1) is 11.3 Å². The van der Waals surface area contributed by atoms with E-state index in [0.717, 1.165) is 24.3 Å². The van der Waals surface area contributed by atoms with E-state index in [-0.39, 0.29) is 0 Å². The Hall–Kier alpha value is -0.540. The lowest BCUT2D eigenvalue weighted by atomic mass is 9.82. The number of hydrogen-bond donors (Lipinski definition) is 1. The molecule has 2 nitrogen and oxygen atoms in total. The summed E-state index contributed by atoms with van der Waals surface area (Å²) >= 11 is 1.76. The van der Waals surface area contributed by atoms with Crippen LogP contribution in [0.2, 0.25) is 0 Å². The Kier molecular flexibility index (Phi) is 3.08. The predicted molar refractivity (Wildman–Crippen MR) is 59.9 cm³/mol. The van der Waals surface area contributed by atoms with Crippen LogP contribution in [-0.2, 0) is 6.54 Å². The first-order chi connectivity index (χ1) is 6.79. The molecule has 3 heteroatoms. The van der Waals surface area contributed by atoms with E-state index in [2.05, 4.69) is 17.6 Å². The molecule has 0 bridgehead atoms. The Morgan fingerprint density at radius 2 is 2.36 bits per heavy atom. The van der Waals surface area contributed by atoms with Crippen molar-refractivity contribution in [3.05, 3.63) is 16.3 Å². The van der Waals surface area contributed by atoms with E-state index in [1.54, 1.807) is 18.4 Å². The summed E-state index contributed by atoms with van der Waals surface area (Å²) in [5, 5.41) is 5.64. The summed E-state index contributed by atoms with van der Waals surface area (Å²) in [5.74, 6) is 1.94. The maximum atomic E-state index is 5.26. The van der Waals surface area contributed by atoms with Gasteiger partial charge < -0.3 is 10.1 Å². The minimum absolute atomic E-state index is 0.733. The summed E-state index contributed by atoms with van der Waals surface area (Å²) < 4.78 is 5.26. The fourth-order valence-corrected chi connectivity index (χ4v) is 2.74. The Bertz CT molecular complexity index is 291. The summed E-state index contributed by atoms with van der Waals surface area (Å²) in [5.41, 5.74) is 0. The Morgan fingerprint density at radius 3 is 3.00 bits per heavy atom. The van der Waals surface area contributed by atoms with Gasteiger partial charge in [0.2, 0.25) is 0 Å². The second-order valence-electron chi connectivity index (χ2n) is 4.07. The number of nitrogens with one attached hydrogen (secondary N) is 1. The average molecular weight is 211 g/mol. The van der Waals surface area contributed by atoms with E-state index in [1.165, 1.54) is 17.7 Å². The van der Waals surface area contributed by atoms with Crippen LogP contribution in [-0.4, -0.2) is 13.2 Å². The molecular formula is C11H17NOS. The first-order valence-corrected chi connectivity index (χ1v) is 6.01. The SMILES string of the molecule is COc1ccsc1CNC1CC(C)C1. The highest BCUT2D eigenvalue weighted by Crippen LogP contribution is 2.28. The minimum atomic E-state index is 0.733. The van der Waals surface area contributed by atoms with Gasteiger partial charge in [0, 0.05) is 12.6 Å². The first kappa shape index (κ1) is 9.99. The highest BCUT2D eigenvalue weighted by molar-refractivity contribution is 7.10. The molecule has 0 aromatic carbocycles. The fourth-order valence-electron chi connectivity index (χ4n) is 1.95. The highest BCUT2D eigenvalue weighted by Gasteiger charge is 2.24. The van der Waals surface area contributed by atoms with E-state index in [1.807, 2.05) is 6.07 Å². The van der Waals surface area contributed by atoms with Crippen molar-refractivity contribution >= 4 is 11.3 Å². The normalized spacial score (nSPS) is 25.9. The third-order valence-electron chi connectivity index (χ3n) is 2.85. The lowest BCUT2D eigenvalue weighted by Gasteiger charge is -2.33. The molecular weight excluding hydrogens is 194 g/mol. The molecule has 14 heavy (non-hydrogen) atoms. The second kappa shape index (κ2) is 4.32. The first-order valence-electron chi connectivity index (χ1n) is 5.13. The number of rotatable bonds is 4. The van der Waals surface area contributed by atoms with Gasteiger partial charge in [-0.1, -0.05) is 6.92 Å². The molecule has 0 saturated heterocycles. The van der Waals surface area contributed by atoms with Crippen LogP contribution < -0.4 is 10.1 Å². The summed E-state index contributed by atoms with van der Waals surface area (Å²) in [6.07, 6.45) is 2.65. The number of hydrogen-bond acceptors (Lipinski definition) is 3. The number of thiophene rings is 1. The molecule has 1 fully saturated rings. The van der Waals surface area contributed by atoms with E-state index in [4.69, 9.17) is 4.74 Å². The van der Waals surface area contributed by atoms with Gasteiger partial charge in [-0.05, 0) is 30.2 Å².